The highest BCUT2D eigenvalue weighted by atomic mass is 79.9. The van der Waals surface area contributed by atoms with Gasteiger partial charge in [0.15, 0.2) is 0 Å². The molecule has 1 aromatic carbocycles. The van der Waals surface area contributed by atoms with Gasteiger partial charge in [0.25, 0.3) is 0 Å². The van der Waals surface area contributed by atoms with Crippen molar-refractivity contribution in [2.24, 2.45) is 0 Å². The van der Waals surface area contributed by atoms with E-state index in [-0.39, 0.29) is 0 Å². The summed E-state index contributed by atoms with van der Waals surface area (Å²) in [7, 11) is 0. The zero-order chi connectivity index (χ0) is 10.8. The molecule has 2 rings (SSSR count). The molecule has 1 N–H and O–H groups in total. The van der Waals surface area contributed by atoms with E-state index < -0.39 is 0 Å². The number of fused-ring (bicyclic) bond motifs is 1. The molecule has 1 unspecified atom stereocenters. The lowest BCUT2D eigenvalue weighted by molar-refractivity contribution is 0.852. The fourth-order valence-electron chi connectivity index (χ4n) is 1.64. The Hall–Kier alpha value is -0.830. The van der Waals surface area contributed by atoms with E-state index >= 15 is 0 Å². The molecule has 1 heterocycles. The first-order chi connectivity index (χ1) is 7.24. The first kappa shape index (κ1) is 10.7. The van der Waals surface area contributed by atoms with Crippen molar-refractivity contribution < 1.29 is 0 Å². The van der Waals surface area contributed by atoms with E-state index in [1.54, 1.807) is 0 Å². The van der Waals surface area contributed by atoms with Crippen LogP contribution >= 0.6 is 15.9 Å². The number of rotatable bonds is 3. The van der Waals surface area contributed by atoms with Crippen molar-refractivity contribution in [2.45, 2.75) is 31.5 Å². The Labute approximate surface area is 98.2 Å². The molecule has 0 saturated carbocycles. The molecular formula is C12H15BrN2. The van der Waals surface area contributed by atoms with E-state index in [4.69, 9.17) is 0 Å². The summed E-state index contributed by atoms with van der Waals surface area (Å²) in [5, 5.41) is 0. The number of nitrogens with zero attached hydrogens (tertiary/aromatic N) is 1. The Kier molecular flexibility index (Phi) is 3.10. The number of alkyl halides is 1. The summed E-state index contributed by atoms with van der Waals surface area (Å²) >= 11 is 3.60. The van der Waals surface area contributed by atoms with Gasteiger partial charge in [0, 0.05) is 0 Å². The monoisotopic (exact) mass is 266 g/mol. The summed E-state index contributed by atoms with van der Waals surface area (Å²) in [4.78, 5) is 8.25. The van der Waals surface area contributed by atoms with Crippen molar-refractivity contribution in [3.8, 4) is 0 Å². The minimum absolute atomic E-state index is 0.329. The number of aromatic amines is 1. The molecule has 0 aliphatic heterocycles. The van der Waals surface area contributed by atoms with Crippen molar-refractivity contribution >= 4 is 27.0 Å². The SMILES string of the molecule is CCc1ccc2nc(C(Br)CC)[nH]c2c1. The second-order valence-electron chi connectivity index (χ2n) is 3.70. The van der Waals surface area contributed by atoms with Crippen LogP contribution in [-0.2, 0) is 6.42 Å². The van der Waals surface area contributed by atoms with Crippen molar-refractivity contribution in [2.75, 3.05) is 0 Å². The van der Waals surface area contributed by atoms with Crippen LogP contribution in [-0.4, -0.2) is 9.97 Å². The van der Waals surface area contributed by atoms with Crippen LogP contribution in [0.25, 0.3) is 11.0 Å². The first-order valence-corrected chi connectivity index (χ1v) is 6.28. The van der Waals surface area contributed by atoms with E-state index in [2.05, 4.69) is 57.9 Å². The smallest absolute Gasteiger partial charge is 0.121 e. The molecule has 2 aromatic rings. The number of hydrogen-bond donors (Lipinski definition) is 1. The third kappa shape index (κ3) is 2.07. The molecule has 3 heteroatoms. The normalized spacial score (nSPS) is 13.3. The first-order valence-electron chi connectivity index (χ1n) is 5.37. The molecule has 0 fully saturated rings. The molecule has 0 radical (unpaired) electrons. The van der Waals surface area contributed by atoms with Gasteiger partial charge < -0.3 is 4.98 Å². The Morgan fingerprint density at radius 1 is 1.40 bits per heavy atom. The molecule has 80 valence electrons. The van der Waals surface area contributed by atoms with Crippen LogP contribution in [0.5, 0.6) is 0 Å². The molecule has 0 spiro atoms. The van der Waals surface area contributed by atoms with E-state index in [9.17, 15) is 0 Å². The second-order valence-corrected chi connectivity index (χ2v) is 4.81. The quantitative estimate of drug-likeness (QED) is 0.837. The third-order valence-electron chi connectivity index (χ3n) is 2.63. The number of halogens is 1. The van der Waals surface area contributed by atoms with Gasteiger partial charge in [-0.1, -0.05) is 35.8 Å². The van der Waals surface area contributed by atoms with E-state index in [1.165, 1.54) is 5.56 Å². The predicted molar refractivity (Wildman–Crippen MR) is 67.4 cm³/mol. The lowest BCUT2D eigenvalue weighted by atomic mass is 10.1. The summed E-state index contributed by atoms with van der Waals surface area (Å²) in [6.45, 7) is 4.31. The largest absolute Gasteiger partial charge is 0.341 e. The molecule has 1 aromatic heterocycles. The van der Waals surface area contributed by atoms with Crippen LogP contribution in [0, 0.1) is 0 Å². The molecular weight excluding hydrogens is 252 g/mol. The molecule has 0 amide bonds. The Bertz CT molecular complexity index is 462. The summed E-state index contributed by atoms with van der Waals surface area (Å²) in [6, 6.07) is 6.41. The number of imidazole rings is 1. The highest BCUT2D eigenvalue weighted by Crippen LogP contribution is 2.25. The number of benzene rings is 1. The number of nitrogens with one attached hydrogen (secondary N) is 1. The molecule has 15 heavy (non-hydrogen) atoms. The number of hydrogen-bond acceptors (Lipinski definition) is 1. The lowest BCUT2D eigenvalue weighted by Crippen LogP contribution is -1.89. The average molecular weight is 267 g/mol. The van der Waals surface area contributed by atoms with E-state index in [0.717, 1.165) is 29.7 Å². The number of aryl methyl sites for hydroxylation is 1. The molecule has 2 nitrogen and oxygen atoms in total. The third-order valence-corrected chi connectivity index (χ3v) is 3.71. The highest BCUT2D eigenvalue weighted by molar-refractivity contribution is 9.09. The summed E-state index contributed by atoms with van der Waals surface area (Å²) < 4.78 is 0. The van der Waals surface area contributed by atoms with Crippen molar-refractivity contribution in [3.05, 3.63) is 29.6 Å². The number of H-pyrrole nitrogens is 1. The van der Waals surface area contributed by atoms with Crippen LogP contribution in [0.2, 0.25) is 0 Å². The van der Waals surface area contributed by atoms with Crippen LogP contribution < -0.4 is 0 Å². The minimum Gasteiger partial charge on any atom is -0.341 e. The maximum absolute atomic E-state index is 4.56. The van der Waals surface area contributed by atoms with Crippen LogP contribution in [0.4, 0.5) is 0 Å². The highest BCUT2D eigenvalue weighted by Gasteiger charge is 2.10. The molecule has 0 saturated heterocycles. The van der Waals surface area contributed by atoms with Gasteiger partial charge >= 0.3 is 0 Å². The van der Waals surface area contributed by atoms with Gasteiger partial charge in [-0.2, -0.15) is 0 Å². The maximum Gasteiger partial charge on any atom is 0.121 e. The standard InChI is InChI=1S/C12H15BrN2/c1-3-8-5-6-10-11(7-8)15-12(14-10)9(13)4-2/h5-7,9H,3-4H2,1-2H3,(H,14,15). The fraction of sp³-hybridized carbons (Fsp3) is 0.417. The maximum atomic E-state index is 4.56. The van der Waals surface area contributed by atoms with E-state index in [0.29, 0.717) is 4.83 Å². The van der Waals surface area contributed by atoms with E-state index in [1.807, 2.05) is 0 Å². The zero-order valence-corrected chi connectivity index (χ0v) is 10.6. The number of aromatic nitrogens is 2. The van der Waals surface area contributed by atoms with Crippen LogP contribution in [0.15, 0.2) is 18.2 Å². The Balaban J connectivity index is 2.46. The minimum atomic E-state index is 0.329. The second kappa shape index (κ2) is 4.35. The van der Waals surface area contributed by atoms with Gasteiger partial charge in [0.2, 0.25) is 0 Å². The van der Waals surface area contributed by atoms with Crippen molar-refractivity contribution in [3.63, 3.8) is 0 Å². The fourth-order valence-corrected chi connectivity index (χ4v) is 1.85. The van der Waals surface area contributed by atoms with Crippen molar-refractivity contribution in [1.29, 1.82) is 0 Å². The molecule has 1 atom stereocenters. The molecule has 0 aliphatic carbocycles. The van der Waals surface area contributed by atoms with Gasteiger partial charge in [-0.3, -0.25) is 0 Å². The Morgan fingerprint density at radius 2 is 2.20 bits per heavy atom. The molecule has 0 bridgehead atoms. The zero-order valence-electron chi connectivity index (χ0n) is 9.05. The van der Waals surface area contributed by atoms with Gasteiger partial charge in [-0.05, 0) is 30.5 Å². The Morgan fingerprint density at radius 3 is 2.87 bits per heavy atom. The summed E-state index contributed by atoms with van der Waals surface area (Å²) in [6.07, 6.45) is 2.11. The van der Waals surface area contributed by atoms with Gasteiger partial charge in [-0.25, -0.2) is 4.98 Å². The van der Waals surface area contributed by atoms with Crippen LogP contribution in [0.1, 0.15) is 36.5 Å². The summed E-state index contributed by atoms with van der Waals surface area (Å²) in [5.74, 6) is 1.03. The van der Waals surface area contributed by atoms with Gasteiger partial charge in [0.05, 0.1) is 15.9 Å². The topological polar surface area (TPSA) is 28.7 Å². The average Bonchev–Trinajstić information content (AvgIpc) is 2.70. The predicted octanol–water partition coefficient (Wildman–Crippen LogP) is 3.97. The lowest BCUT2D eigenvalue weighted by Gasteiger charge is -1.99. The van der Waals surface area contributed by atoms with Gasteiger partial charge in [0.1, 0.15) is 5.82 Å². The van der Waals surface area contributed by atoms with Crippen LogP contribution in [0.3, 0.4) is 0 Å². The summed E-state index contributed by atoms with van der Waals surface area (Å²) in [5.41, 5.74) is 3.54. The molecule has 0 aliphatic rings. The van der Waals surface area contributed by atoms with Crippen molar-refractivity contribution in [1.82, 2.24) is 9.97 Å². The van der Waals surface area contributed by atoms with Gasteiger partial charge in [-0.15, -0.1) is 0 Å².